The maximum absolute atomic E-state index is 13.2. The van der Waals surface area contributed by atoms with Gasteiger partial charge in [0.2, 0.25) is 5.91 Å². The quantitative estimate of drug-likeness (QED) is 0.813. The molecule has 0 spiro atoms. The Kier molecular flexibility index (Phi) is 3.99. The summed E-state index contributed by atoms with van der Waals surface area (Å²) in [5.74, 6) is 1.45. The van der Waals surface area contributed by atoms with Crippen LogP contribution in [0, 0.1) is 5.92 Å². The zero-order valence-electron chi connectivity index (χ0n) is 15.1. The van der Waals surface area contributed by atoms with E-state index >= 15 is 0 Å². The van der Waals surface area contributed by atoms with Crippen LogP contribution in [0.1, 0.15) is 62.2 Å². The molecule has 4 heteroatoms. The van der Waals surface area contributed by atoms with E-state index in [1.807, 2.05) is 24.4 Å². The lowest BCUT2D eigenvalue weighted by atomic mass is 9.86. The number of benzene rings is 1. The Morgan fingerprint density at radius 3 is 2.62 bits per heavy atom. The Morgan fingerprint density at radius 1 is 1.00 bits per heavy atom. The monoisotopic (exact) mass is 347 g/mol. The molecular formula is C22H25N3O. The van der Waals surface area contributed by atoms with Crippen molar-refractivity contribution in [2.24, 2.45) is 5.92 Å². The van der Waals surface area contributed by atoms with Gasteiger partial charge in [-0.25, -0.2) is 9.97 Å². The average molecular weight is 347 g/mol. The molecule has 134 valence electrons. The van der Waals surface area contributed by atoms with Crippen LogP contribution < -0.4 is 0 Å². The molecule has 2 atom stereocenters. The molecule has 3 heterocycles. The van der Waals surface area contributed by atoms with E-state index in [9.17, 15) is 4.79 Å². The summed E-state index contributed by atoms with van der Waals surface area (Å²) in [5, 5.41) is 0. The summed E-state index contributed by atoms with van der Waals surface area (Å²) in [7, 11) is 0. The van der Waals surface area contributed by atoms with Gasteiger partial charge >= 0.3 is 0 Å². The van der Waals surface area contributed by atoms with Gasteiger partial charge in [0.15, 0.2) is 5.82 Å². The zero-order chi connectivity index (χ0) is 17.5. The largest absolute Gasteiger partial charge is 0.332 e. The molecule has 2 fully saturated rings. The molecule has 2 aromatic rings. The third-order valence-electron chi connectivity index (χ3n) is 6.43. The number of aromatic nitrogens is 2. The lowest BCUT2D eigenvalue weighted by Gasteiger charge is -2.38. The summed E-state index contributed by atoms with van der Waals surface area (Å²) in [6, 6.07) is 10.7. The van der Waals surface area contributed by atoms with Crippen molar-refractivity contribution in [1.82, 2.24) is 14.9 Å². The minimum Gasteiger partial charge on any atom is -0.332 e. The second-order valence-electron chi connectivity index (χ2n) is 7.99. The number of fused-ring (bicyclic) bond motifs is 4. The molecule has 2 aliphatic heterocycles. The molecule has 2 unspecified atom stereocenters. The minimum atomic E-state index is 0.197. The number of hydrogen-bond donors (Lipinski definition) is 0. The molecule has 5 rings (SSSR count). The fourth-order valence-corrected chi connectivity index (χ4v) is 5.10. The van der Waals surface area contributed by atoms with Gasteiger partial charge < -0.3 is 4.90 Å². The van der Waals surface area contributed by atoms with Crippen molar-refractivity contribution in [3.8, 4) is 11.4 Å². The van der Waals surface area contributed by atoms with Crippen molar-refractivity contribution in [3.63, 3.8) is 0 Å². The zero-order valence-corrected chi connectivity index (χ0v) is 15.1. The first-order valence-electron chi connectivity index (χ1n) is 10.0. The molecule has 4 nitrogen and oxygen atoms in total. The summed E-state index contributed by atoms with van der Waals surface area (Å²) in [4.78, 5) is 24.9. The molecule has 1 aromatic heterocycles. The predicted molar refractivity (Wildman–Crippen MR) is 100 cm³/mol. The number of hydrogen-bond acceptors (Lipinski definition) is 3. The van der Waals surface area contributed by atoms with E-state index in [4.69, 9.17) is 4.98 Å². The van der Waals surface area contributed by atoms with Gasteiger partial charge in [0.1, 0.15) is 0 Å². The summed E-state index contributed by atoms with van der Waals surface area (Å²) in [6.45, 7) is 0. The Labute approximate surface area is 154 Å². The number of rotatable bonds is 2. The summed E-state index contributed by atoms with van der Waals surface area (Å²) < 4.78 is 0. The van der Waals surface area contributed by atoms with Gasteiger partial charge in [0.05, 0.1) is 11.7 Å². The molecule has 3 aliphatic rings. The summed E-state index contributed by atoms with van der Waals surface area (Å²) in [5.41, 5.74) is 3.39. The van der Waals surface area contributed by atoms with Crippen molar-refractivity contribution >= 4 is 5.91 Å². The second-order valence-corrected chi connectivity index (χ2v) is 7.99. The van der Waals surface area contributed by atoms with Crippen molar-refractivity contribution < 1.29 is 4.79 Å². The maximum Gasteiger partial charge on any atom is 0.226 e. The van der Waals surface area contributed by atoms with E-state index in [0.29, 0.717) is 11.9 Å². The molecule has 1 aliphatic carbocycles. The van der Waals surface area contributed by atoms with Crippen LogP contribution in [0.2, 0.25) is 0 Å². The van der Waals surface area contributed by atoms with Gasteiger partial charge in [-0.2, -0.15) is 0 Å². The highest BCUT2D eigenvalue weighted by Crippen LogP contribution is 2.45. The third-order valence-corrected chi connectivity index (χ3v) is 6.43. The Bertz CT molecular complexity index is 813. The van der Waals surface area contributed by atoms with E-state index < -0.39 is 0 Å². The normalized spacial score (nSPS) is 25.2. The van der Waals surface area contributed by atoms with Gasteiger partial charge in [-0.15, -0.1) is 0 Å². The number of nitrogens with zero attached hydrogens (tertiary/aromatic N) is 3. The predicted octanol–water partition coefficient (Wildman–Crippen LogP) is 4.31. The number of amides is 1. The Hall–Kier alpha value is -2.23. The van der Waals surface area contributed by atoms with Gasteiger partial charge in [0.25, 0.3) is 0 Å². The van der Waals surface area contributed by atoms with Crippen molar-refractivity contribution in [2.75, 3.05) is 0 Å². The number of carbonyl (C=O) groups is 1. The van der Waals surface area contributed by atoms with Gasteiger partial charge in [-0.1, -0.05) is 49.6 Å². The van der Waals surface area contributed by atoms with E-state index in [-0.39, 0.29) is 12.0 Å². The minimum absolute atomic E-state index is 0.197. The summed E-state index contributed by atoms with van der Waals surface area (Å²) >= 11 is 0. The maximum atomic E-state index is 13.2. The van der Waals surface area contributed by atoms with Crippen LogP contribution in [0.3, 0.4) is 0 Å². The van der Waals surface area contributed by atoms with Crippen LogP contribution in [-0.4, -0.2) is 26.8 Å². The highest BCUT2D eigenvalue weighted by atomic mass is 16.2. The van der Waals surface area contributed by atoms with Crippen LogP contribution >= 0.6 is 0 Å². The van der Waals surface area contributed by atoms with E-state index in [1.165, 1.54) is 24.8 Å². The van der Waals surface area contributed by atoms with Crippen LogP contribution in [0.25, 0.3) is 11.4 Å². The fourth-order valence-electron chi connectivity index (χ4n) is 5.10. The first-order chi connectivity index (χ1) is 12.8. The average Bonchev–Trinajstić information content (AvgIpc) is 3.03. The smallest absolute Gasteiger partial charge is 0.226 e. The van der Waals surface area contributed by atoms with Crippen molar-refractivity contribution in [3.05, 3.63) is 47.8 Å². The highest BCUT2D eigenvalue weighted by Gasteiger charge is 2.45. The number of carbonyl (C=O) groups excluding carboxylic acids is 1. The Balaban J connectivity index is 1.44. The molecule has 0 radical (unpaired) electrons. The molecule has 2 bridgehead atoms. The molecule has 1 aromatic carbocycles. The van der Waals surface area contributed by atoms with E-state index in [0.717, 1.165) is 49.2 Å². The standard InChI is InChI=1S/C22H25N3O/c26-22(16-9-5-2-6-10-16)25-17-11-12-20(25)18-14-23-21(24-19(18)13-17)15-7-3-1-4-8-15/h1,3-4,7-8,14,16-17,20H,2,5-6,9-13H2. The van der Waals surface area contributed by atoms with Crippen LogP contribution in [0.5, 0.6) is 0 Å². The third kappa shape index (κ3) is 2.63. The van der Waals surface area contributed by atoms with Gasteiger partial charge in [-0.05, 0) is 25.7 Å². The SMILES string of the molecule is O=C(C1CCCCC1)N1C2CCC1c1cnc(-c3ccccc3)nc1C2. The first kappa shape index (κ1) is 16.0. The topological polar surface area (TPSA) is 46.1 Å². The molecular weight excluding hydrogens is 322 g/mol. The second kappa shape index (κ2) is 6.49. The Morgan fingerprint density at radius 2 is 1.81 bits per heavy atom. The van der Waals surface area contributed by atoms with Crippen LogP contribution in [0.15, 0.2) is 36.5 Å². The first-order valence-corrected chi connectivity index (χ1v) is 10.0. The van der Waals surface area contributed by atoms with Crippen LogP contribution in [-0.2, 0) is 11.2 Å². The highest BCUT2D eigenvalue weighted by molar-refractivity contribution is 5.80. The molecule has 1 saturated carbocycles. The molecule has 1 amide bonds. The fraction of sp³-hybridized carbons (Fsp3) is 0.500. The van der Waals surface area contributed by atoms with Gasteiger partial charge in [0, 0.05) is 35.7 Å². The van der Waals surface area contributed by atoms with Crippen molar-refractivity contribution in [1.29, 1.82) is 0 Å². The lowest BCUT2D eigenvalue weighted by molar-refractivity contribution is -0.140. The molecule has 26 heavy (non-hydrogen) atoms. The molecule has 1 saturated heterocycles. The van der Waals surface area contributed by atoms with Crippen LogP contribution in [0.4, 0.5) is 0 Å². The van der Waals surface area contributed by atoms with E-state index in [2.05, 4.69) is 22.0 Å². The van der Waals surface area contributed by atoms with Crippen molar-refractivity contribution in [2.45, 2.75) is 63.5 Å². The molecule has 0 N–H and O–H groups in total. The lowest BCUT2D eigenvalue weighted by Crippen LogP contribution is -2.45. The van der Waals surface area contributed by atoms with E-state index in [1.54, 1.807) is 0 Å². The van der Waals surface area contributed by atoms with Gasteiger partial charge in [-0.3, -0.25) is 4.79 Å². The summed E-state index contributed by atoms with van der Waals surface area (Å²) in [6.07, 6.45) is 10.9.